The Labute approximate surface area is 232 Å². The Kier molecular flexibility index (Phi) is 8.10. The molecule has 0 saturated carbocycles. The van der Waals surface area contributed by atoms with Crippen molar-refractivity contribution in [2.45, 2.75) is 38.3 Å². The van der Waals surface area contributed by atoms with Gasteiger partial charge in [0.2, 0.25) is 0 Å². The van der Waals surface area contributed by atoms with E-state index in [1.807, 2.05) is 60.8 Å². The van der Waals surface area contributed by atoms with Crippen molar-refractivity contribution in [1.29, 1.82) is 0 Å². The van der Waals surface area contributed by atoms with Gasteiger partial charge in [-0.05, 0) is 60.9 Å². The summed E-state index contributed by atoms with van der Waals surface area (Å²) >= 11 is 0. The zero-order chi connectivity index (χ0) is 25.0. The molecule has 1 aliphatic carbocycles. The SMILES string of the molecule is Br.O=C(NCCCN(Cc1nc2ccccc2[nH]1)C1CCCc2cccnc21)c1cc2ccccc2cn1. The fourth-order valence-corrected chi connectivity index (χ4v) is 5.34. The lowest BCUT2D eigenvalue weighted by atomic mass is 9.90. The first-order valence-electron chi connectivity index (χ1n) is 13.0. The second-order valence-electron chi connectivity index (χ2n) is 9.65. The highest BCUT2D eigenvalue weighted by molar-refractivity contribution is 8.93. The number of aryl methyl sites for hydroxylation is 1. The summed E-state index contributed by atoms with van der Waals surface area (Å²) in [6.07, 6.45) is 7.76. The van der Waals surface area contributed by atoms with E-state index in [4.69, 9.17) is 9.97 Å². The summed E-state index contributed by atoms with van der Waals surface area (Å²) in [5.41, 5.74) is 4.99. The number of pyridine rings is 2. The fourth-order valence-electron chi connectivity index (χ4n) is 5.34. The molecule has 0 radical (unpaired) electrons. The van der Waals surface area contributed by atoms with Crippen LogP contribution in [0, 0.1) is 0 Å². The third kappa shape index (κ3) is 5.61. The maximum atomic E-state index is 12.8. The Morgan fingerprint density at radius 3 is 2.76 bits per heavy atom. The lowest BCUT2D eigenvalue weighted by Crippen LogP contribution is -2.35. The maximum Gasteiger partial charge on any atom is 0.269 e. The summed E-state index contributed by atoms with van der Waals surface area (Å²) in [4.78, 5) is 32.7. The Morgan fingerprint density at radius 1 is 1.03 bits per heavy atom. The molecule has 7 nitrogen and oxygen atoms in total. The summed E-state index contributed by atoms with van der Waals surface area (Å²) in [5.74, 6) is 0.813. The van der Waals surface area contributed by atoms with E-state index in [1.54, 1.807) is 6.20 Å². The third-order valence-corrected chi connectivity index (χ3v) is 7.17. The van der Waals surface area contributed by atoms with Gasteiger partial charge in [-0.1, -0.05) is 42.5 Å². The van der Waals surface area contributed by atoms with Crippen LogP contribution in [-0.2, 0) is 13.0 Å². The molecular weight excluding hydrogens is 540 g/mol. The number of hydrogen-bond donors (Lipinski definition) is 2. The van der Waals surface area contributed by atoms with E-state index in [9.17, 15) is 4.79 Å². The van der Waals surface area contributed by atoms with Gasteiger partial charge in [0.05, 0.1) is 29.3 Å². The topological polar surface area (TPSA) is 86.8 Å². The second kappa shape index (κ2) is 11.8. The van der Waals surface area contributed by atoms with E-state index < -0.39 is 0 Å². The van der Waals surface area contributed by atoms with E-state index >= 15 is 0 Å². The predicted molar refractivity (Wildman–Crippen MR) is 155 cm³/mol. The number of fused-ring (bicyclic) bond motifs is 3. The molecule has 2 N–H and O–H groups in total. The van der Waals surface area contributed by atoms with E-state index in [0.717, 1.165) is 59.9 Å². The fraction of sp³-hybridized carbons (Fsp3) is 0.267. The monoisotopic (exact) mass is 570 g/mol. The normalized spacial score (nSPS) is 14.8. The molecule has 1 amide bonds. The number of rotatable bonds is 8. The Bertz CT molecular complexity index is 1520. The average molecular weight is 572 g/mol. The Morgan fingerprint density at radius 2 is 1.87 bits per heavy atom. The van der Waals surface area contributed by atoms with Crippen LogP contribution in [0.4, 0.5) is 0 Å². The molecule has 1 atom stereocenters. The Balaban J connectivity index is 0.00000294. The van der Waals surface area contributed by atoms with Crippen LogP contribution in [0.5, 0.6) is 0 Å². The van der Waals surface area contributed by atoms with Crippen LogP contribution in [0.25, 0.3) is 21.8 Å². The number of benzene rings is 2. The van der Waals surface area contributed by atoms with Crippen molar-refractivity contribution < 1.29 is 4.79 Å². The molecule has 8 heteroatoms. The smallest absolute Gasteiger partial charge is 0.269 e. The van der Waals surface area contributed by atoms with Crippen molar-refractivity contribution in [3.8, 4) is 0 Å². The van der Waals surface area contributed by atoms with Gasteiger partial charge >= 0.3 is 0 Å². The number of aromatic amines is 1. The number of carbonyl (C=O) groups excluding carboxylic acids is 1. The predicted octanol–water partition coefficient (Wildman–Crippen LogP) is 5.78. The minimum absolute atomic E-state index is 0. The highest BCUT2D eigenvalue weighted by Crippen LogP contribution is 2.33. The summed E-state index contributed by atoms with van der Waals surface area (Å²) in [6, 6.07) is 22.4. The minimum Gasteiger partial charge on any atom is -0.351 e. The summed E-state index contributed by atoms with van der Waals surface area (Å²) in [5, 5.41) is 5.11. The number of hydrogen-bond acceptors (Lipinski definition) is 5. The highest BCUT2D eigenvalue weighted by Gasteiger charge is 2.27. The lowest BCUT2D eigenvalue weighted by Gasteiger charge is -2.34. The van der Waals surface area contributed by atoms with Crippen molar-refractivity contribution in [3.05, 3.63) is 102 Å². The van der Waals surface area contributed by atoms with Crippen molar-refractivity contribution >= 4 is 44.7 Å². The van der Waals surface area contributed by atoms with Crippen LogP contribution in [0.2, 0.25) is 0 Å². The van der Waals surface area contributed by atoms with Gasteiger partial charge in [-0.2, -0.15) is 0 Å². The molecule has 3 heterocycles. The summed E-state index contributed by atoms with van der Waals surface area (Å²) in [6.45, 7) is 2.10. The summed E-state index contributed by atoms with van der Waals surface area (Å²) < 4.78 is 0. The molecule has 2 aromatic carbocycles. The van der Waals surface area contributed by atoms with Gasteiger partial charge in [-0.3, -0.25) is 19.7 Å². The number of aromatic nitrogens is 4. The molecule has 3 aromatic heterocycles. The van der Waals surface area contributed by atoms with Gasteiger partial charge in [0, 0.05) is 30.9 Å². The van der Waals surface area contributed by atoms with E-state index in [1.165, 1.54) is 11.3 Å². The van der Waals surface area contributed by atoms with Crippen LogP contribution in [0.15, 0.2) is 79.1 Å². The van der Waals surface area contributed by atoms with Gasteiger partial charge in [0.15, 0.2) is 0 Å². The zero-order valence-corrected chi connectivity index (χ0v) is 22.9. The first-order valence-corrected chi connectivity index (χ1v) is 13.0. The number of imidazole rings is 1. The minimum atomic E-state index is -0.140. The summed E-state index contributed by atoms with van der Waals surface area (Å²) in [7, 11) is 0. The Hall–Kier alpha value is -3.62. The van der Waals surface area contributed by atoms with Crippen LogP contribution in [0.3, 0.4) is 0 Å². The molecule has 6 rings (SSSR count). The number of nitrogens with one attached hydrogen (secondary N) is 2. The van der Waals surface area contributed by atoms with Crippen molar-refractivity contribution in [2.75, 3.05) is 13.1 Å². The standard InChI is InChI=1S/C30H30N6O.BrH/c37-30(26-18-22-8-1-2-9-23(22)19-33-26)32-16-7-17-36(20-28-34-24-12-3-4-13-25(24)35-28)27-14-5-10-21-11-6-15-31-29(21)27;/h1-4,6,8-9,11-13,15,18-19,27H,5,7,10,14,16-17,20H2,(H,32,37)(H,34,35);1H. The molecule has 0 spiro atoms. The third-order valence-electron chi connectivity index (χ3n) is 7.17. The lowest BCUT2D eigenvalue weighted by molar-refractivity contribution is 0.0943. The largest absolute Gasteiger partial charge is 0.351 e. The zero-order valence-electron chi connectivity index (χ0n) is 21.1. The van der Waals surface area contributed by atoms with Gasteiger partial charge in [0.1, 0.15) is 11.5 Å². The quantitative estimate of drug-likeness (QED) is 0.231. The maximum absolute atomic E-state index is 12.8. The van der Waals surface area contributed by atoms with Gasteiger partial charge in [-0.25, -0.2) is 4.98 Å². The van der Waals surface area contributed by atoms with Crippen molar-refractivity contribution in [2.24, 2.45) is 0 Å². The number of amides is 1. The molecule has 38 heavy (non-hydrogen) atoms. The molecule has 0 bridgehead atoms. The van der Waals surface area contributed by atoms with Gasteiger partial charge in [-0.15, -0.1) is 17.0 Å². The number of H-pyrrole nitrogens is 1. The second-order valence-corrected chi connectivity index (χ2v) is 9.65. The van der Waals surface area contributed by atoms with Crippen molar-refractivity contribution in [3.63, 3.8) is 0 Å². The number of halogens is 1. The van der Waals surface area contributed by atoms with E-state index in [2.05, 4.69) is 32.3 Å². The number of carbonyl (C=O) groups is 1. The van der Waals surface area contributed by atoms with Crippen molar-refractivity contribution in [1.82, 2.24) is 30.2 Å². The molecule has 0 saturated heterocycles. The highest BCUT2D eigenvalue weighted by atomic mass is 79.9. The van der Waals surface area contributed by atoms with Crippen LogP contribution in [0.1, 0.15) is 52.9 Å². The van der Waals surface area contributed by atoms with E-state index in [-0.39, 0.29) is 28.9 Å². The van der Waals surface area contributed by atoms with Crippen LogP contribution in [-0.4, -0.2) is 43.8 Å². The first kappa shape index (κ1) is 26.0. The average Bonchev–Trinajstić information content (AvgIpc) is 3.36. The molecular formula is C30H31BrN6O. The molecule has 1 aliphatic rings. The molecule has 194 valence electrons. The number of nitrogens with zero attached hydrogens (tertiary/aromatic N) is 4. The number of para-hydroxylation sites is 2. The molecule has 0 aliphatic heterocycles. The van der Waals surface area contributed by atoms with Gasteiger partial charge < -0.3 is 10.3 Å². The van der Waals surface area contributed by atoms with E-state index in [0.29, 0.717) is 18.8 Å². The van der Waals surface area contributed by atoms with Crippen LogP contribution < -0.4 is 5.32 Å². The molecule has 5 aromatic rings. The molecule has 0 fully saturated rings. The van der Waals surface area contributed by atoms with Crippen LogP contribution >= 0.6 is 17.0 Å². The van der Waals surface area contributed by atoms with Gasteiger partial charge in [0.25, 0.3) is 5.91 Å². The molecule has 1 unspecified atom stereocenters. The first-order chi connectivity index (χ1) is 18.2.